The van der Waals surface area contributed by atoms with E-state index < -0.39 is 292 Å². The first-order chi connectivity index (χ1) is 68.3. The number of carbonyl (C=O) groups is 19. The van der Waals surface area contributed by atoms with E-state index in [9.17, 15) is 117 Å². The highest BCUT2D eigenvalue weighted by atomic mass is 16.4. The number of phenolic OH excluding ortho intramolecular Hbond substituents is 1. The molecule has 0 spiro atoms. The van der Waals surface area contributed by atoms with Crippen LogP contribution in [-0.4, -0.2) is 304 Å². The Morgan fingerprint density at radius 2 is 0.766 bits per heavy atom. The molecule has 40 N–H and O–H groups in total. The van der Waals surface area contributed by atoms with Gasteiger partial charge in [-0.25, -0.2) is 4.99 Å². The number of hydrogen-bond acceptors (Lipinski definition) is 28. The third-order valence-electron chi connectivity index (χ3n) is 22.5. The molecule has 16 unspecified atom stereocenters. The molecule has 16 atom stereocenters. The molecule has 0 aliphatic carbocycles. The predicted octanol–water partition coefficient (Wildman–Crippen LogP) is -6.72. The van der Waals surface area contributed by atoms with Gasteiger partial charge in [-0.2, -0.15) is 0 Å². The molecule has 18 amide bonds. The van der Waals surface area contributed by atoms with Gasteiger partial charge in [0, 0.05) is 64.1 Å². The summed E-state index contributed by atoms with van der Waals surface area (Å²) in [5.74, 6) is -21.9. The van der Waals surface area contributed by atoms with Gasteiger partial charge in [0.05, 0.1) is 44.2 Å². The average Bonchev–Trinajstić information content (AvgIpc) is 0.843. The molecule has 0 aliphatic rings. The maximum atomic E-state index is 14.8. The maximum absolute atomic E-state index is 14.8. The fourth-order valence-corrected chi connectivity index (χ4v) is 14.6. The molecular weight excluding hydrogens is 1900 g/mol. The Morgan fingerprint density at radius 3 is 1.23 bits per heavy atom. The van der Waals surface area contributed by atoms with Crippen molar-refractivity contribution in [1.29, 1.82) is 16.2 Å². The number of aliphatic hydroxyl groups is 3. The second-order valence-electron chi connectivity index (χ2n) is 36.7. The van der Waals surface area contributed by atoms with Crippen LogP contribution in [0.4, 0.5) is 0 Å². The molecular formula is C92H161N29O24. The van der Waals surface area contributed by atoms with Crippen LogP contribution in [0.25, 0.3) is 0 Å². The number of aromatic hydroxyl groups is 1. The normalized spacial score (nSPS) is 14.6. The summed E-state index contributed by atoms with van der Waals surface area (Å²) in [6.07, 6.45) is 6.17. The number of aliphatic carboxylic acids is 1. The van der Waals surface area contributed by atoms with E-state index >= 15 is 0 Å². The van der Waals surface area contributed by atoms with E-state index in [1.54, 1.807) is 27.7 Å². The van der Waals surface area contributed by atoms with E-state index in [0.29, 0.717) is 12.0 Å². The van der Waals surface area contributed by atoms with Gasteiger partial charge in [-0.05, 0) is 134 Å². The number of carboxylic acid groups (broad SMARTS) is 1. The summed E-state index contributed by atoms with van der Waals surface area (Å²) >= 11 is 0. The number of nitrogens with one attached hydrogen (secondary N) is 21. The molecule has 1 aromatic rings. The Morgan fingerprint density at radius 1 is 0.366 bits per heavy atom. The minimum Gasteiger partial charge on any atom is -0.508 e. The molecule has 53 nitrogen and oxygen atoms in total. The van der Waals surface area contributed by atoms with Crippen LogP contribution in [0.5, 0.6) is 5.75 Å². The van der Waals surface area contributed by atoms with E-state index in [1.165, 1.54) is 90.0 Å². The zero-order valence-corrected chi connectivity index (χ0v) is 84.6. The number of primary amides is 4. The van der Waals surface area contributed by atoms with Gasteiger partial charge < -0.3 is 161 Å². The van der Waals surface area contributed by atoms with E-state index in [-0.39, 0.29) is 107 Å². The Bertz CT molecular complexity index is 4410. The Labute approximate surface area is 844 Å². The van der Waals surface area contributed by atoms with Crippen molar-refractivity contribution in [2.24, 2.45) is 57.0 Å². The summed E-state index contributed by atoms with van der Waals surface area (Å²) in [6, 6.07) is -16.6. The van der Waals surface area contributed by atoms with Crippen molar-refractivity contribution in [3.63, 3.8) is 0 Å². The zero-order chi connectivity index (χ0) is 110. The second-order valence-corrected chi connectivity index (χ2v) is 36.7. The van der Waals surface area contributed by atoms with Gasteiger partial charge in [0.1, 0.15) is 77.9 Å². The highest BCUT2D eigenvalue weighted by molar-refractivity contribution is 6.40. The number of rotatable bonds is 78. The second kappa shape index (κ2) is 71.8. The molecule has 1 aromatic carbocycles. The van der Waals surface area contributed by atoms with Crippen LogP contribution in [0, 0.1) is 28.1 Å². The van der Waals surface area contributed by atoms with E-state index in [0.717, 1.165) is 39.0 Å². The number of hydrogen-bond donors (Lipinski definition) is 33. The van der Waals surface area contributed by atoms with Gasteiger partial charge in [-0.1, -0.05) is 124 Å². The quantitative estimate of drug-likeness (QED) is 0.0164. The van der Waals surface area contributed by atoms with Crippen molar-refractivity contribution >= 4 is 136 Å². The first kappa shape index (κ1) is 129. The van der Waals surface area contributed by atoms with E-state index in [4.69, 9.17) is 56.4 Å². The monoisotopic (exact) mass is 2060 g/mol. The number of aliphatic hydroxyl groups excluding tert-OH is 3. The number of benzene rings is 1. The summed E-state index contributed by atoms with van der Waals surface area (Å²) < 4.78 is 0. The summed E-state index contributed by atoms with van der Waals surface area (Å²) in [5, 5.41) is 120. The summed E-state index contributed by atoms with van der Waals surface area (Å²) in [4.78, 5) is 262. The average molecular weight is 2060 g/mol. The number of nitrogens with zero attached hydrogens (tertiary/aromatic N) is 1. The molecule has 0 bridgehead atoms. The van der Waals surface area contributed by atoms with Crippen LogP contribution in [-0.2, 0) is 97.5 Å². The molecule has 0 saturated heterocycles. The fourth-order valence-electron chi connectivity index (χ4n) is 14.6. The number of carbonyl (C=O) groups excluding carboxylic acids is 18. The summed E-state index contributed by atoms with van der Waals surface area (Å²) in [5.41, 5.74) is 38.8. The first-order valence-corrected chi connectivity index (χ1v) is 49.1. The Balaban J connectivity index is 3.60. The molecule has 0 radical (unpaired) electrons. The lowest BCUT2D eigenvalue weighted by Gasteiger charge is -2.29. The lowest BCUT2D eigenvalue weighted by molar-refractivity contribution is -0.142. The SMILES string of the molecule is CCCCCCCCCCCCCCCC(=O)NC(C(=O)NC(CC(N)=O)C(=O)NC(C)C(=O)NCC(=O)NC(CCCNC(=N)N)CNC(CO)C(=O)NC(CC(=O)O)C(=O)NC(C(=O)NC(CCCNC(=N)N)C(=O)NC(CCC(N)=O)C(=O)NC(CCC(N)=O)CNC(Cc1ccc(O)cc1)C(=O)NC(CCCNC(=N)N)C(=O)NC(C)C(=O)NC(CC(C)C)C(=O)N=C(CC(C)C)C(N)=O)C(C)O)C(C)O. The van der Waals surface area contributed by atoms with Crippen LogP contribution in [0.1, 0.15) is 248 Å². The summed E-state index contributed by atoms with van der Waals surface area (Å²) in [7, 11) is 0. The fraction of sp³-hybridized carbons (Fsp3) is 0.685. The van der Waals surface area contributed by atoms with E-state index in [2.05, 4.69) is 108 Å². The topological polar surface area (TPSA) is 908 Å². The molecule has 0 heterocycles. The molecule has 0 aliphatic heterocycles. The zero-order valence-electron chi connectivity index (χ0n) is 84.6. The van der Waals surface area contributed by atoms with Crippen LogP contribution >= 0.6 is 0 Å². The van der Waals surface area contributed by atoms with Crippen molar-refractivity contribution in [3.8, 4) is 5.75 Å². The van der Waals surface area contributed by atoms with E-state index in [1.807, 2.05) is 0 Å². The maximum Gasteiger partial charge on any atom is 0.305 e. The minimum absolute atomic E-state index is 0.0120. The van der Waals surface area contributed by atoms with Crippen LogP contribution in [0.3, 0.4) is 0 Å². The molecule has 0 aromatic heterocycles. The lowest BCUT2D eigenvalue weighted by Crippen LogP contribution is -2.62. The van der Waals surface area contributed by atoms with Gasteiger partial charge in [0.25, 0.3) is 11.8 Å². The van der Waals surface area contributed by atoms with Crippen molar-refractivity contribution in [2.75, 3.05) is 45.9 Å². The largest absolute Gasteiger partial charge is 0.508 e. The smallest absolute Gasteiger partial charge is 0.305 e. The van der Waals surface area contributed by atoms with Gasteiger partial charge in [0.15, 0.2) is 17.9 Å². The van der Waals surface area contributed by atoms with Crippen molar-refractivity contribution in [1.82, 2.24) is 95.7 Å². The standard InChI is InChI=1S/C92H161N29O24/c1-10-11-12-13-14-15-16-17-18-19-20-21-22-29-72(129)120-75(54(8)123)88(144)119-66(44-71(95)128)84(140)109-52(6)78(134)108-48-73(130)111-57(26-23-38-103-90(97)98)46-107-68(49-122)87(143)118-67(45-74(131)132)86(142)121-76(55(9)124)89(145)115-61(28-25-40-105-92(101)102)82(138)114-62(35-37-70(94)127)81(137)112-58(32-36-69(93)126)47-106-64(43-56-30-33-59(125)34-31-56)83(139)113-60(27-24-39-104-91(99)100)80(136)110-53(7)79(135)117-65(42-51(4)5)85(141)116-63(77(96)133)41-50(2)3/h30-31,33-34,50-55,57-58,60-62,64-68,75-76,106-107,122-125H,10-29,32,35-49H2,1-9H3,(H2,93,126)(H2,94,127)(H2,95,128)(H2,96,133)(H,108,134)(H,109,140)(H,110,136)(H,111,130)(H,112,137)(H,113,139)(H,114,138)(H,115,145)(H,117,135)(H,118,143)(H,119,144)(H,120,129)(H,121,142)(H,131,132)(H4,97,98,103)(H4,99,100,104)(H4,101,102,105). The minimum atomic E-state index is -2.14. The lowest BCUT2D eigenvalue weighted by atomic mass is 10.0. The number of carboxylic acids is 1. The van der Waals surface area contributed by atoms with Gasteiger partial charge in [-0.15, -0.1) is 0 Å². The van der Waals surface area contributed by atoms with Crippen molar-refractivity contribution < 1.29 is 117 Å². The van der Waals surface area contributed by atoms with Gasteiger partial charge >= 0.3 is 5.97 Å². The third-order valence-corrected chi connectivity index (χ3v) is 22.5. The van der Waals surface area contributed by atoms with Crippen LogP contribution in [0.15, 0.2) is 29.3 Å². The van der Waals surface area contributed by atoms with Crippen molar-refractivity contribution in [3.05, 3.63) is 29.8 Å². The third kappa shape index (κ3) is 58.7. The predicted molar refractivity (Wildman–Crippen MR) is 535 cm³/mol. The molecule has 0 fully saturated rings. The van der Waals surface area contributed by atoms with Crippen LogP contribution in [0.2, 0.25) is 0 Å². The Hall–Kier alpha value is -13.6. The highest BCUT2D eigenvalue weighted by Crippen LogP contribution is 2.18. The molecule has 818 valence electrons. The number of unbranched alkanes of at least 4 members (excludes halogenated alkanes) is 12. The first-order valence-electron chi connectivity index (χ1n) is 49.1. The number of amides is 18. The van der Waals surface area contributed by atoms with Crippen LogP contribution < -0.4 is 136 Å². The number of nitrogens with two attached hydrogens (primary N) is 7. The molecule has 53 heteroatoms. The van der Waals surface area contributed by atoms with Gasteiger partial charge in [-0.3, -0.25) is 107 Å². The van der Waals surface area contributed by atoms with Gasteiger partial charge in [0.2, 0.25) is 94.5 Å². The number of phenols is 1. The highest BCUT2D eigenvalue weighted by Gasteiger charge is 2.39. The molecule has 145 heavy (non-hydrogen) atoms. The summed E-state index contributed by atoms with van der Waals surface area (Å²) in [6.45, 7) is 11.2. The number of guanidine groups is 3. The Kier molecular flexibility index (Phi) is 64.1. The van der Waals surface area contributed by atoms with Crippen molar-refractivity contribution in [2.45, 2.75) is 345 Å². The molecule has 0 saturated carbocycles. The number of aliphatic imine (C=N–C) groups is 1. The molecule has 1 rings (SSSR count).